The Kier molecular flexibility index (Phi) is 9.69. The zero-order chi connectivity index (χ0) is 30.1. The van der Waals surface area contributed by atoms with Gasteiger partial charge >= 0.3 is 6.18 Å². The lowest BCUT2D eigenvalue weighted by Gasteiger charge is -2.19. The van der Waals surface area contributed by atoms with Crippen LogP contribution in [0.15, 0.2) is 97.2 Å². The van der Waals surface area contributed by atoms with Crippen LogP contribution in [0.3, 0.4) is 0 Å². The fraction of sp³-hybridized carbons (Fsp3) is 0.188. The molecule has 7 nitrogen and oxygen atoms in total. The van der Waals surface area contributed by atoms with E-state index in [0.717, 1.165) is 25.0 Å². The summed E-state index contributed by atoms with van der Waals surface area (Å²) < 4.78 is 38.9. The number of amides is 3. The highest BCUT2D eigenvalue weighted by atomic mass is 19.4. The molecule has 0 radical (unpaired) electrons. The standard InChI is InChI=1S/C32H29F3N4O3/c1-2-3-19-36-31(42)28(22-9-5-4-6-10-22)39-29(40)23-15-18-27(37-20-23)38-30(41)26-12-8-7-11-25(26)21-13-16-24(17-14-21)32(33,34)35/h4-18,20,28H,2-3,19H2,1H3,(H,36,42)(H,39,40)(H,37,38,41). The molecule has 0 saturated heterocycles. The molecule has 0 bridgehead atoms. The minimum Gasteiger partial charge on any atom is -0.354 e. The normalized spacial score (nSPS) is 11.8. The quantitative estimate of drug-likeness (QED) is 0.191. The third kappa shape index (κ3) is 7.60. The maximum Gasteiger partial charge on any atom is 0.416 e. The van der Waals surface area contributed by atoms with Crippen LogP contribution in [0.2, 0.25) is 0 Å². The molecule has 0 aliphatic carbocycles. The van der Waals surface area contributed by atoms with Gasteiger partial charge in [0.2, 0.25) is 5.91 Å². The van der Waals surface area contributed by atoms with Gasteiger partial charge in [-0.15, -0.1) is 0 Å². The van der Waals surface area contributed by atoms with Gasteiger partial charge in [-0.2, -0.15) is 13.2 Å². The van der Waals surface area contributed by atoms with Crippen LogP contribution in [-0.2, 0) is 11.0 Å². The Hall–Kier alpha value is -4.99. The first-order chi connectivity index (χ1) is 20.2. The summed E-state index contributed by atoms with van der Waals surface area (Å²) in [7, 11) is 0. The smallest absolute Gasteiger partial charge is 0.354 e. The highest BCUT2D eigenvalue weighted by Crippen LogP contribution is 2.32. The van der Waals surface area contributed by atoms with Gasteiger partial charge in [0.25, 0.3) is 11.8 Å². The van der Waals surface area contributed by atoms with E-state index in [-0.39, 0.29) is 22.9 Å². The first-order valence-corrected chi connectivity index (χ1v) is 13.3. The number of hydrogen-bond donors (Lipinski definition) is 3. The molecule has 0 saturated carbocycles. The summed E-state index contributed by atoms with van der Waals surface area (Å²) in [5.41, 5.74) is 1.16. The van der Waals surface area contributed by atoms with E-state index in [9.17, 15) is 27.6 Å². The molecule has 1 atom stereocenters. The van der Waals surface area contributed by atoms with Crippen molar-refractivity contribution in [2.24, 2.45) is 0 Å². The number of aromatic nitrogens is 1. The molecule has 1 unspecified atom stereocenters. The number of alkyl halides is 3. The van der Waals surface area contributed by atoms with Crippen molar-refractivity contribution < 1.29 is 27.6 Å². The average Bonchev–Trinajstić information content (AvgIpc) is 3.00. The molecule has 0 aliphatic heterocycles. The van der Waals surface area contributed by atoms with E-state index >= 15 is 0 Å². The summed E-state index contributed by atoms with van der Waals surface area (Å²) >= 11 is 0. The van der Waals surface area contributed by atoms with Gasteiger partial charge in [0.15, 0.2) is 0 Å². The summed E-state index contributed by atoms with van der Waals surface area (Å²) in [6.45, 7) is 2.51. The van der Waals surface area contributed by atoms with Gasteiger partial charge in [-0.25, -0.2) is 4.98 Å². The number of pyridine rings is 1. The number of halogens is 3. The number of carbonyl (C=O) groups is 3. The SMILES string of the molecule is CCCCNC(=O)C(NC(=O)c1ccc(NC(=O)c2ccccc2-c2ccc(C(F)(F)F)cc2)nc1)c1ccccc1. The highest BCUT2D eigenvalue weighted by Gasteiger charge is 2.30. The molecule has 4 aromatic rings. The minimum absolute atomic E-state index is 0.163. The monoisotopic (exact) mass is 574 g/mol. The first-order valence-electron chi connectivity index (χ1n) is 13.3. The molecule has 4 rings (SSSR count). The maximum atomic E-state index is 13.1. The summed E-state index contributed by atoms with van der Waals surface area (Å²) in [4.78, 5) is 43.1. The molecular formula is C32H29F3N4O3. The molecule has 1 aromatic heterocycles. The van der Waals surface area contributed by atoms with Crippen molar-refractivity contribution in [3.8, 4) is 11.1 Å². The van der Waals surface area contributed by atoms with Crippen molar-refractivity contribution in [1.82, 2.24) is 15.6 Å². The second-order valence-corrected chi connectivity index (χ2v) is 9.47. The lowest BCUT2D eigenvalue weighted by atomic mass is 9.98. The average molecular weight is 575 g/mol. The van der Waals surface area contributed by atoms with Crippen LogP contribution in [0.25, 0.3) is 11.1 Å². The Morgan fingerprint density at radius 1 is 0.833 bits per heavy atom. The summed E-state index contributed by atoms with van der Waals surface area (Å²) in [5.74, 6) is -1.21. The predicted molar refractivity (Wildman–Crippen MR) is 154 cm³/mol. The fourth-order valence-corrected chi connectivity index (χ4v) is 4.21. The van der Waals surface area contributed by atoms with Crippen LogP contribution in [0.5, 0.6) is 0 Å². The third-order valence-corrected chi connectivity index (χ3v) is 6.46. The van der Waals surface area contributed by atoms with Crippen LogP contribution >= 0.6 is 0 Å². The van der Waals surface area contributed by atoms with Crippen molar-refractivity contribution in [1.29, 1.82) is 0 Å². The largest absolute Gasteiger partial charge is 0.416 e. The molecule has 3 amide bonds. The van der Waals surface area contributed by atoms with Crippen molar-refractivity contribution in [2.75, 3.05) is 11.9 Å². The number of nitrogens with one attached hydrogen (secondary N) is 3. The van der Waals surface area contributed by atoms with Gasteiger partial charge in [0.05, 0.1) is 11.1 Å². The second-order valence-electron chi connectivity index (χ2n) is 9.47. The highest BCUT2D eigenvalue weighted by molar-refractivity contribution is 6.08. The fourth-order valence-electron chi connectivity index (χ4n) is 4.21. The number of nitrogens with zero attached hydrogens (tertiary/aromatic N) is 1. The van der Waals surface area contributed by atoms with Crippen LogP contribution in [-0.4, -0.2) is 29.3 Å². The zero-order valence-electron chi connectivity index (χ0n) is 22.7. The molecule has 216 valence electrons. The van der Waals surface area contributed by atoms with Gasteiger partial charge in [0, 0.05) is 18.3 Å². The lowest BCUT2D eigenvalue weighted by Crippen LogP contribution is -2.40. The van der Waals surface area contributed by atoms with Gasteiger partial charge in [-0.1, -0.05) is 74.0 Å². The Morgan fingerprint density at radius 2 is 1.52 bits per heavy atom. The van der Waals surface area contributed by atoms with Crippen molar-refractivity contribution in [2.45, 2.75) is 32.0 Å². The summed E-state index contributed by atoms with van der Waals surface area (Å²) in [6, 6.07) is 22.0. The summed E-state index contributed by atoms with van der Waals surface area (Å²) in [6.07, 6.45) is -1.46. The summed E-state index contributed by atoms with van der Waals surface area (Å²) in [5, 5.41) is 8.25. The van der Waals surface area contributed by atoms with Crippen LogP contribution in [0.4, 0.5) is 19.0 Å². The maximum absolute atomic E-state index is 13.1. The van der Waals surface area contributed by atoms with Gasteiger partial charge < -0.3 is 16.0 Å². The number of carbonyl (C=O) groups excluding carboxylic acids is 3. The van der Waals surface area contributed by atoms with Crippen molar-refractivity contribution >= 4 is 23.5 Å². The molecular weight excluding hydrogens is 545 g/mol. The third-order valence-electron chi connectivity index (χ3n) is 6.46. The van der Waals surface area contributed by atoms with Gasteiger partial charge in [-0.05, 0) is 53.4 Å². The van der Waals surface area contributed by atoms with Gasteiger partial charge in [0.1, 0.15) is 11.9 Å². The van der Waals surface area contributed by atoms with Crippen molar-refractivity contribution in [3.63, 3.8) is 0 Å². The molecule has 42 heavy (non-hydrogen) atoms. The van der Waals surface area contributed by atoms with E-state index in [4.69, 9.17) is 0 Å². The van der Waals surface area contributed by atoms with Crippen LogP contribution in [0, 0.1) is 0 Å². The zero-order valence-corrected chi connectivity index (χ0v) is 22.7. The Labute approximate surface area is 241 Å². The second kappa shape index (κ2) is 13.6. The number of unbranched alkanes of at least 4 members (excludes halogenated alkanes) is 1. The number of rotatable bonds is 10. The minimum atomic E-state index is -4.46. The lowest BCUT2D eigenvalue weighted by molar-refractivity contribution is -0.137. The van der Waals surface area contributed by atoms with E-state index in [1.165, 1.54) is 30.5 Å². The van der Waals surface area contributed by atoms with Gasteiger partial charge in [-0.3, -0.25) is 14.4 Å². The van der Waals surface area contributed by atoms with E-state index in [1.54, 1.807) is 48.5 Å². The van der Waals surface area contributed by atoms with Crippen molar-refractivity contribution in [3.05, 3.63) is 119 Å². The Morgan fingerprint density at radius 3 is 2.17 bits per heavy atom. The molecule has 0 spiro atoms. The molecule has 0 aliphatic rings. The molecule has 0 fully saturated rings. The Balaban J connectivity index is 1.46. The number of anilines is 1. The molecule has 3 aromatic carbocycles. The van der Waals surface area contributed by atoms with E-state index < -0.39 is 29.6 Å². The van der Waals surface area contributed by atoms with E-state index in [0.29, 0.717) is 23.2 Å². The molecule has 3 N–H and O–H groups in total. The van der Waals surface area contributed by atoms with E-state index in [2.05, 4.69) is 20.9 Å². The topological polar surface area (TPSA) is 100 Å². The molecule has 10 heteroatoms. The van der Waals surface area contributed by atoms with Crippen LogP contribution < -0.4 is 16.0 Å². The molecule has 1 heterocycles. The first kappa shape index (κ1) is 30.0. The Bertz CT molecular complexity index is 1520. The predicted octanol–water partition coefficient (Wildman–Crippen LogP) is 6.41. The van der Waals surface area contributed by atoms with E-state index in [1.807, 2.05) is 13.0 Å². The number of hydrogen-bond acceptors (Lipinski definition) is 4. The number of benzene rings is 3. The van der Waals surface area contributed by atoms with Crippen LogP contribution in [0.1, 0.15) is 57.7 Å².